The van der Waals surface area contributed by atoms with Crippen LogP contribution in [0.1, 0.15) is 22.9 Å². The molecule has 5 heteroatoms. The van der Waals surface area contributed by atoms with Gasteiger partial charge in [-0.3, -0.25) is 0 Å². The first-order chi connectivity index (χ1) is 12.2. The molecule has 0 aliphatic carbocycles. The second kappa shape index (κ2) is 6.47. The summed E-state index contributed by atoms with van der Waals surface area (Å²) in [6.07, 6.45) is 1.73. The Morgan fingerprint density at radius 1 is 1.04 bits per heavy atom. The van der Waals surface area contributed by atoms with E-state index in [0.29, 0.717) is 23.1 Å². The van der Waals surface area contributed by atoms with Crippen LogP contribution in [0.4, 0.5) is 0 Å². The Morgan fingerprint density at radius 2 is 1.92 bits per heavy atom. The molecule has 1 aliphatic heterocycles. The van der Waals surface area contributed by atoms with Crippen LogP contribution < -0.4 is 9.47 Å². The summed E-state index contributed by atoms with van der Waals surface area (Å²) in [5.74, 6) is 1.35. The molecule has 128 valence electrons. The van der Waals surface area contributed by atoms with Crippen LogP contribution in [0.5, 0.6) is 11.5 Å². The quantitative estimate of drug-likeness (QED) is 0.678. The van der Waals surface area contributed by atoms with Crippen LogP contribution in [0.15, 0.2) is 54.7 Å². The largest absolute Gasteiger partial charge is 0.493 e. The molecule has 4 rings (SSSR count). The number of hydrogen-bond acceptors (Lipinski definition) is 3. The molecule has 0 radical (unpaired) electrons. The lowest BCUT2D eigenvalue weighted by molar-refractivity contribution is 0.0660. The van der Waals surface area contributed by atoms with Gasteiger partial charge in [-0.2, -0.15) is 0 Å². The van der Waals surface area contributed by atoms with Gasteiger partial charge in [0.25, 0.3) is 0 Å². The van der Waals surface area contributed by atoms with Gasteiger partial charge in [0.1, 0.15) is 6.10 Å². The highest BCUT2D eigenvalue weighted by Crippen LogP contribution is 2.43. The number of nitrogens with zero attached hydrogens (tertiary/aromatic N) is 1. The summed E-state index contributed by atoms with van der Waals surface area (Å²) >= 11 is 6.30. The first-order valence-electron chi connectivity index (χ1n) is 8.01. The smallest absolute Gasteiger partial charge is 0.166 e. The summed E-state index contributed by atoms with van der Waals surface area (Å²) < 4.78 is 19.5. The van der Waals surface area contributed by atoms with Gasteiger partial charge in [-0.05, 0) is 36.4 Å². The third-order valence-electron chi connectivity index (χ3n) is 4.48. The molecule has 2 heterocycles. The molecular formula is C20H18ClNO3. The number of rotatable bonds is 3. The first-order valence-corrected chi connectivity index (χ1v) is 8.39. The Kier molecular flexibility index (Phi) is 4.15. The van der Waals surface area contributed by atoms with Crippen LogP contribution in [0, 0.1) is 0 Å². The third kappa shape index (κ3) is 2.68. The van der Waals surface area contributed by atoms with Crippen LogP contribution in [0.2, 0.25) is 5.02 Å². The van der Waals surface area contributed by atoms with E-state index < -0.39 is 0 Å². The zero-order valence-electron chi connectivity index (χ0n) is 14.0. The molecule has 0 unspecified atom stereocenters. The number of benzene rings is 2. The lowest BCUT2D eigenvalue weighted by atomic mass is 9.98. The van der Waals surface area contributed by atoms with Crippen molar-refractivity contribution in [2.24, 2.45) is 0 Å². The van der Waals surface area contributed by atoms with Gasteiger partial charge in [0.05, 0.1) is 26.5 Å². The standard InChI is InChI=1S/C20H18ClNO3/c1-23-18-7-3-6-15(20(18)24-2)19-16-11-13(21)8-9-17(16)22-10-4-5-14(22)12-25-19/h3-11,19H,12H2,1-2H3/t19-/m1/s1. The lowest BCUT2D eigenvalue weighted by Crippen LogP contribution is -2.08. The topological polar surface area (TPSA) is 32.6 Å². The van der Waals surface area contributed by atoms with Crippen molar-refractivity contribution in [1.82, 2.24) is 4.57 Å². The van der Waals surface area contributed by atoms with E-state index in [2.05, 4.69) is 10.6 Å². The molecule has 0 bridgehead atoms. The van der Waals surface area contributed by atoms with Gasteiger partial charge < -0.3 is 18.8 Å². The molecule has 0 fully saturated rings. The molecule has 1 aromatic heterocycles. The van der Waals surface area contributed by atoms with Crippen LogP contribution in [-0.2, 0) is 11.3 Å². The molecular weight excluding hydrogens is 338 g/mol. The van der Waals surface area contributed by atoms with Crippen molar-refractivity contribution in [1.29, 1.82) is 0 Å². The maximum atomic E-state index is 6.30. The number of aromatic nitrogens is 1. The Morgan fingerprint density at radius 3 is 2.72 bits per heavy atom. The molecule has 0 N–H and O–H groups in total. The number of methoxy groups -OCH3 is 2. The van der Waals surface area contributed by atoms with Crippen molar-refractivity contribution < 1.29 is 14.2 Å². The fourth-order valence-corrected chi connectivity index (χ4v) is 3.54. The van der Waals surface area contributed by atoms with Crippen molar-refractivity contribution in [3.63, 3.8) is 0 Å². The van der Waals surface area contributed by atoms with E-state index in [-0.39, 0.29) is 6.10 Å². The van der Waals surface area contributed by atoms with Crippen molar-refractivity contribution in [3.05, 3.63) is 76.6 Å². The summed E-state index contributed by atoms with van der Waals surface area (Å²) in [7, 11) is 3.27. The van der Waals surface area contributed by atoms with E-state index in [1.54, 1.807) is 14.2 Å². The summed E-state index contributed by atoms with van der Waals surface area (Å²) in [6, 6.07) is 15.8. The highest BCUT2D eigenvalue weighted by atomic mass is 35.5. The second-order valence-corrected chi connectivity index (χ2v) is 6.28. The fourth-order valence-electron chi connectivity index (χ4n) is 3.36. The summed E-state index contributed by atoms with van der Waals surface area (Å²) in [6.45, 7) is 0.490. The van der Waals surface area contributed by atoms with Crippen LogP contribution in [0.3, 0.4) is 0 Å². The van der Waals surface area contributed by atoms with Gasteiger partial charge >= 0.3 is 0 Å². The summed E-state index contributed by atoms with van der Waals surface area (Å²) in [4.78, 5) is 0. The highest BCUT2D eigenvalue weighted by Gasteiger charge is 2.28. The molecule has 3 aromatic rings. The van der Waals surface area contributed by atoms with Gasteiger partial charge in [-0.25, -0.2) is 0 Å². The predicted octanol–water partition coefficient (Wildman–Crippen LogP) is 4.77. The summed E-state index contributed by atoms with van der Waals surface area (Å²) in [5, 5.41) is 0.671. The summed E-state index contributed by atoms with van der Waals surface area (Å²) in [5.41, 5.74) is 4.05. The Balaban J connectivity index is 1.93. The number of hydrogen-bond donors (Lipinski definition) is 0. The maximum absolute atomic E-state index is 6.30. The Labute approximate surface area is 151 Å². The van der Waals surface area contributed by atoms with Crippen LogP contribution in [0.25, 0.3) is 5.69 Å². The van der Waals surface area contributed by atoms with E-state index in [0.717, 1.165) is 22.5 Å². The van der Waals surface area contributed by atoms with E-state index in [1.807, 2.05) is 48.7 Å². The Hall–Kier alpha value is -2.43. The van der Waals surface area contributed by atoms with E-state index >= 15 is 0 Å². The average Bonchev–Trinajstić information content (AvgIpc) is 3.04. The molecule has 1 atom stereocenters. The number of ether oxygens (including phenoxy) is 3. The van der Waals surface area contributed by atoms with Gasteiger partial charge in [0, 0.05) is 28.0 Å². The molecule has 1 aliphatic rings. The number of fused-ring (bicyclic) bond motifs is 3. The first kappa shape index (κ1) is 16.1. The van der Waals surface area contributed by atoms with E-state index in [4.69, 9.17) is 25.8 Å². The van der Waals surface area contributed by atoms with Gasteiger partial charge in [-0.1, -0.05) is 23.7 Å². The monoisotopic (exact) mass is 355 g/mol. The van der Waals surface area contributed by atoms with Crippen LogP contribution >= 0.6 is 11.6 Å². The molecule has 0 amide bonds. The van der Waals surface area contributed by atoms with Crippen molar-refractivity contribution in [3.8, 4) is 17.2 Å². The maximum Gasteiger partial charge on any atom is 0.166 e. The molecule has 4 nitrogen and oxygen atoms in total. The molecule has 0 saturated carbocycles. The Bertz CT molecular complexity index is 919. The fraction of sp³-hybridized carbons (Fsp3) is 0.200. The van der Waals surface area contributed by atoms with Gasteiger partial charge in [-0.15, -0.1) is 0 Å². The van der Waals surface area contributed by atoms with Gasteiger partial charge in [0.15, 0.2) is 11.5 Å². The van der Waals surface area contributed by atoms with Crippen LogP contribution in [-0.4, -0.2) is 18.8 Å². The highest BCUT2D eigenvalue weighted by molar-refractivity contribution is 6.30. The predicted molar refractivity (Wildman–Crippen MR) is 97.0 cm³/mol. The zero-order valence-corrected chi connectivity index (χ0v) is 14.8. The molecule has 0 spiro atoms. The zero-order chi connectivity index (χ0) is 17.4. The second-order valence-electron chi connectivity index (χ2n) is 5.85. The molecule has 25 heavy (non-hydrogen) atoms. The van der Waals surface area contributed by atoms with Crippen molar-refractivity contribution in [2.75, 3.05) is 14.2 Å². The normalized spacial score (nSPS) is 15.9. The SMILES string of the molecule is COc1cccc([C@H]2OCc3cccn3-c3ccc(Cl)cc32)c1OC. The number of halogens is 1. The molecule has 2 aromatic carbocycles. The minimum absolute atomic E-state index is 0.307. The van der Waals surface area contributed by atoms with Crippen molar-refractivity contribution in [2.45, 2.75) is 12.7 Å². The molecule has 0 saturated heterocycles. The third-order valence-corrected chi connectivity index (χ3v) is 4.71. The van der Waals surface area contributed by atoms with E-state index in [1.165, 1.54) is 0 Å². The minimum atomic E-state index is -0.307. The average molecular weight is 356 g/mol. The van der Waals surface area contributed by atoms with Gasteiger partial charge in [0.2, 0.25) is 0 Å². The van der Waals surface area contributed by atoms with E-state index in [9.17, 15) is 0 Å². The lowest BCUT2D eigenvalue weighted by Gasteiger charge is -2.22. The van der Waals surface area contributed by atoms with Crippen molar-refractivity contribution >= 4 is 11.6 Å². The minimum Gasteiger partial charge on any atom is -0.493 e. The number of para-hydroxylation sites is 1.